The van der Waals surface area contributed by atoms with Gasteiger partial charge in [-0.3, -0.25) is 9.69 Å². The third kappa shape index (κ3) is 6.70. The summed E-state index contributed by atoms with van der Waals surface area (Å²) in [5.41, 5.74) is 2.14. The van der Waals surface area contributed by atoms with Crippen LogP contribution in [-0.4, -0.2) is 59.5 Å². The van der Waals surface area contributed by atoms with Crippen LogP contribution in [-0.2, 0) is 24.4 Å². The Morgan fingerprint density at radius 2 is 1.49 bits per heavy atom. The van der Waals surface area contributed by atoms with Crippen LogP contribution in [0, 0.1) is 5.82 Å². The Hall–Kier alpha value is -3.65. The van der Waals surface area contributed by atoms with Crippen LogP contribution >= 0.6 is 0 Å². The lowest BCUT2D eigenvalue weighted by atomic mass is 10.1. The van der Waals surface area contributed by atoms with Gasteiger partial charge in [-0.05, 0) is 42.3 Å². The summed E-state index contributed by atoms with van der Waals surface area (Å²) in [5, 5.41) is 0. The molecule has 0 radical (unpaired) electrons. The molecule has 2 heterocycles. The van der Waals surface area contributed by atoms with Gasteiger partial charge in [-0.1, -0.05) is 42.5 Å². The summed E-state index contributed by atoms with van der Waals surface area (Å²) in [7, 11) is 0. The van der Waals surface area contributed by atoms with Crippen LogP contribution in [0.2, 0.25) is 0 Å². The van der Waals surface area contributed by atoms with E-state index in [1.165, 1.54) is 12.1 Å². The van der Waals surface area contributed by atoms with E-state index in [0.717, 1.165) is 11.1 Å². The molecule has 0 bridgehead atoms. The van der Waals surface area contributed by atoms with Crippen molar-refractivity contribution in [3.63, 3.8) is 0 Å². The van der Waals surface area contributed by atoms with Crippen molar-refractivity contribution in [1.29, 1.82) is 0 Å². The van der Waals surface area contributed by atoms with E-state index in [-0.39, 0.29) is 23.6 Å². The molecule has 1 aromatic heterocycles. The van der Waals surface area contributed by atoms with Crippen LogP contribution in [0.1, 0.15) is 34.4 Å². The highest BCUT2D eigenvalue weighted by Crippen LogP contribution is 2.18. The molecule has 0 atom stereocenters. The van der Waals surface area contributed by atoms with E-state index in [0.29, 0.717) is 58.2 Å². The highest BCUT2D eigenvalue weighted by atomic mass is 19.1. The van der Waals surface area contributed by atoms with Crippen LogP contribution < -0.4 is 0 Å². The second kappa shape index (κ2) is 11.7. The Balaban J connectivity index is 1.40. The summed E-state index contributed by atoms with van der Waals surface area (Å²) < 4.78 is 24.3. The van der Waals surface area contributed by atoms with Gasteiger partial charge in [0.2, 0.25) is 0 Å². The standard InChI is InChI=1S/C27H30FN3O4/c1-2-34-27(33)31-16-14-30(15-17-31)26(32)25-13-12-24(35-25)20-29(18-21-6-4-3-5-7-21)19-22-8-10-23(28)11-9-22/h3-13H,2,14-20H2,1H3. The number of rotatable bonds is 8. The third-order valence-corrected chi connectivity index (χ3v) is 5.91. The van der Waals surface area contributed by atoms with E-state index >= 15 is 0 Å². The number of ether oxygens (including phenoxy) is 1. The minimum absolute atomic E-state index is 0.187. The van der Waals surface area contributed by atoms with Crippen LogP contribution in [0.25, 0.3) is 0 Å². The number of carbonyl (C=O) groups is 2. The van der Waals surface area contributed by atoms with Crippen molar-refractivity contribution in [1.82, 2.24) is 14.7 Å². The molecular formula is C27H30FN3O4. The van der Waals surface area contributed by atoms with Gasteiger partial charge in [-0.15, -0.1) is 0 Å². The van der Waals surface area contributed by atoms with Gasteiger partial charge in [-0.2, -0.15) is 0 Å². The summed E-state index contributed by atoms with van der Waals surface area (Å²) >= 11 is 0. The fourth-order valence-corrected chi connectivity index (χ4v) is 4.12. The fourth-order valence-electron chi connectivity index (χ4n) is 4.12. The van der Waals surface area contributed by atoms with Gasteiger partial charge >= 0.3 is 6.09 Å². The van der Waals surface area contributed by atoms with Crippen molar-refractivity contribution in [2.75, 3.05) is 32.8 Å². The maximum absolute atomic E-state index is 13.4. The molecule has 184 valence electrons. The topological polar surface area (TPSA) is 66.2 Å². The van der Waals surface area contributed by atoms with Crippen molar-refractivity contribution in [2.24, 2.45) is 0 Å². The number of halogens is 1. The molecule has 2 aromatic carbocycles. The largest absolute Gasteiger partial charge is 0.455 e. The molecule has 3 aromatic rings. The average Bonchev–Trinajstić information content (AvgIpc) is 3.34. The van der Waals surface area contributed by atoms with E-state index in [4.69, 9.17) is 9.15 Å². The van der Waals surface area contributed by atoms with Crippen molar-refractivity contribution in [3.8, 4) is 0 Å². The molecule has 1 aliphatic rings. The highest BCUT2D eigenvalue weighted by molar-refractivity contribution is 5.91. The van der Waals surface area contributed by atoms with Crippen LogP contribution in [0.5, 0.6) is 0 Å². The number of amides is 2. The molecule has 2 amide bonds. The van der Waals surface area contributed by atoms with Gasteiger partial charge in [0.15, 0.2) is 5.76 Å². The van der Waals surface area contributed by atoms with Crippen LogP contribution in [0.15, 0.2) is 71.1 Å². The Bertz CT molecular complexity index is 1110. The normalized spacial score (nSPS) is 13.8. The number of hydrogen-bond acceptors (Lipinski definition) is 5. The van der Waals surface area contributed by atoms with Gasteiger partial charge in [0.1, 0.15) is 11.6 Å². The van der Waals surface area contributed by atoms with E-state index in [9.17, 15) is 14.0 Å². The SMILES string of the molecule is CCOC(=O)N1CCN(C(=O)c2ccc(CN(Cc3ccccc3)Cc3ccc(F)cc3)o2)CC1. The van der Waals surface area contributed by atoms with E-state index in [1.807, 2.05) is 24.3 Å². The first-order chi connectivity index (χ1) is 17.0. The first-order valence-corrected chi connectivity index (χ1v) is 11.8. The Morgan fingerprint density at radius 1 is 0.857 bits per heavy atom. The maximum Gasteiger partial charge on any atom is 0.409 e. The van der Waals surface area contributed by atoms with Gasteiger partial charge in [0.05, 0.1) is 13.2 Å². The molecule has 8 heteroatoms. The summed E-state index contributed by atoms with van der Waals surface area (Å²) in [6, 6.07) is 20.1. The number of piperazine rings is 1. The molecule has 1 fully saturated rings. The zero-order valence-electron chi connectivity index (χ0n) is 19.9. The van der Waals surface area contributed by atoms with Crippen LogP contribution in [0.4, 0.5) is 9.18 Å². The Morgan fingerprint density at radius 3 is 2.14 bits per heavy atom. The molecule has 0 aliphatic carbocycles. The lowest BCUT2D eigenvalue weighted by molar-refractivity contribution is 0.0543. The van der Waals surface area contributed by atoms with Crippen molar-refractivity contribution < 1.29 is 23.1 Å². The molecule has 7 nitrogen and oxygen atoms in total. The lowest BCUT2D eigenvalue weighted by Crippen LogP contribution is -2.50. The number of benzene rings is 2. The molecule has 1 aliphatic heterocycles. The molecule has 4 rings (SSSR count). The smallest absolute Gasteiger partial charge is 0.409 e. The quantitative estimate of drug-likeness (QED) is 0.475. The minimum Gasteiger partial charge on any atom is -0.455 e. The summed E-state index contributed by atoms with van der Waals surface area (Å²) in [6.45, 7) is 5.60. The van der Waals surface area contributed by atoms with Crippen molar-refractivity contribution in [3.05, 3.63) is 95.2 Å². The van der Waals surface area contributed by atoms with Crippen LogP contribution in [0.3, 0.4) is 0 Å². The monoisotopic (exact) mass is 479 g/mol. The highest BCUT2D eigenvalue weighted by Gasteiger charge is 2.27. The van der Waals surface area contributed by atoms with E-state index in [2.05, 4.69) is 17.0 Å². The Labute approximate surface area is 204 Å². The predicted molar refractivity (Wildman–Crippen MR) is 129 cm³/mol. The maximum atomic E-state index is 13.4. The molecule has 1 saturated heterocycles. The average molecular weight is 480 g/mol. The van der Waals surface area contributed by atoms with Crippen molar-refractivity contribution >= 4 is 12.0 Å². The fraction of sp³-hybridized carbons (Fsp3) is 0.333. The molecule has 0 N–H and O–H groups in total. The zero-order chi connectivity index (χ0) is 24.6. The number of carbonyl (C=O) groups excluding carboxylic acids is 2. The zero-order valence-corrected chi connectivity index (χ0v) is 19.9. The molecule has 0 saturated carbocycles. The van der Waals surface area contributed by atoms with Gasteiger partial charge in [0, 0.05) is 39.3 Å². The second-order valence-corrected chi connectivity index (χ2v) is 8.50. The van der Waals surface area contributed by atoms with Gasteiger partial charge < -0.3 is 19.0 Å². The number of furan rings is 1. The summed E-state index contributed by atoms with van der Waals surface area (Å²) in [6.07, 6.45) is -0.348. The van der Waals surface area contributed by atoms with Crippen molar-refractivity contribution in [2.45, 2.75) is 26.6 Å². The molecule has 0 unspecified atom stereocenters. The minimum atomic E-state index is -0.348. The second-order valence-electron chi connectivity index (χ2n) is 8.50. The third-order valence-electron chi connectivity index (χ3n) is 5.91. The molecule has 0 spiro atoms. The first kappa shape index (κ1) is 24.5. The first-order valence-electron chi connectivity index (χ1n) is 11.8. The van der Waals surface area contributed by atoms with Gasteiger partial charge in [0.25, 0.3) is 5.91 Å². The van der Waals surface area contributed by atoms with Gasteiger partial charge in [-0.25, -0.2) is 9.18 Å². The number of nitrogens with zero attached hydrogens (tertiary/aromatic N) is 3. The van der Waals surface area contributed by atoms with E-state index in [1.54, 1.807) is 34.9 Å². The predicted octanol–water partition coefficient (Wildman–Crippen LogP) is 4.54. The molecular weight excluding hydrogens is 449 g/mol. The Kier molecular flexibility index (Phi) is 8.15. The summed E-state index contributed by atoms with van der Waals surface area (Å²) in [5.74, 6) is 0.510. The lowest BCUT2D eigenvalue weighted by Gasteiger charge is -2.33. The number of hydrogen-bond donors (Lipinski definition) is 0. The van der Waals surface area contributed by atoms with E-state index < -0.39 is 0 Å². The summed E-state index contributed by atoms with van der Waals surface area (Å²) in [4.78, 5) is 30.3. The molecule has 35 heavy (non-hydrogen) atoms.